The van der Waals surface area contributed by atoms with Gasteiger partial charge in [0.2, 0.25) is 0 Å². The quantitative estimate of drug-likeness (QED) is 0.780. The Kier molecular flexibility index (Phi) is 2.69. The lowest BCUT2D eigenvalue weighted by atomic mass is 9.93. The predicted molar refractivity (Wildman–Crippen MR) is 58.6 cm³/mol. The third kappa shape index (κ3) is 1.63. The molecule has 0 atom stereocenters. The van der Waals surface area contributed by atoms with Gasteiger partial charge in [0.1, 0.15) is 5.15 Å². The Bertz CT molecular complexity index is 485. The number of hydrogen-bond donors (Lipinski definition) is 1. The van der Waals surface area contributed by atoms with E-state index in [1.165, 1.54) is 4.57 Å². The molecule has 5 heteroatoms. The van der Waals surface area contributed by atoms with Gasteiger partial charge in [-0.3, -0.25) is 14.3 Å². The first-order valence-corrected chi connectivity index (χ1v) is 5.56. The van der Waals surface area contributed by atoms with Crippen molar-refractivity contribution in [3.8, 4) is 0 Å². The monoisotopic (exact) mass is 228 g/mol. The lowest BCUT2D eigenvalue weighted by Gasteiger charge is -2.26. The first-order valence-electron chi connectivity index (χ1n) is 5.18. The van der Waals surface area contributed by atoms with Crippen LogP contribution >= 0.6 is 11.6 Å². The molecule has 0 spiro atoms. The minimum atomic E-state index is -0.382. The second-order valence-electron chi connectivity index (χ2n) is 3.84. The largest absolute Gasteiger partial charge is 0.329 e. The van der Waals surface area contributed by atoms with E-state index in [0.29, 0.717) is 12.0 Å². The van der Waals surface area contributed by atoms with Gasteiger partial charge in [0.05, 0.1) is 5.56 Å². The third-order valence-corrected chi connectivity index (χ3v) is 3.29. The van der Waals surface area contributed by atoms with Crippen molar-refractivity contribution in [1.82, 2.24) is 9.55 Å². The number of rotatable bonds is 2. The van der Waals surface area contributed by atoms with Crippen LogP contribution in [0.3, 0.4) is 0 Å². The Hall–Kier alpha value is -1.03. The first kappa shape index (κ1) is 10.5. The van der Waals surface area contributed by atoms with Crippen molar-refractivity contribution in [3.63, 3.8) is 0 Å². The zero-order chi connectivity index (χ0) is 11.0. The fourth-order valence-electron chi connectivity index (χ4n) is 1.84. The van der Waals surface area contributed by atoms with Crippen molar-refractivity contribution in [2.24, 2.45) is 0 Å². The number of halogens is 1. The van der Waals surface area contributed by atoms with E-state index < -0.39 is 0 Å². The van der Waals surface area contributed by atoms with Gasteiger partial charge in [0, 0.05) is 6.04 Å². The summed E-state index contributed by atoms with van der Waals surface area (Å²) in [5.41, 5.74) is -0.106. The molecule has 1 saturated carbocycles. The second-order valence-corrected chi connectivity index (χ2v) is 4.21. The molecule has 1 N–H and O–H groups in total. The van der Waals surface area contributed by atoms with Crippen molar-refractivity contribution < 1.29 is 0 Å². The molecular weight excluding hydrogens is 216 g/mol. The van der Waals surface area contributed by atoms with E-state index in [9.17, 15) is 9.59 Å². The van der Waals surface area contributed by atoms with Crippen molar-refractivity contribution in [2.75, 3.05) is 0 Å². The van der Waals surface area contributed by atoms with Crippen LogP contribution in [0, 0.1) is 0 Å². The van der Waals surface area contributed by atoms with Gasteiger partial charge in [-0.1, -0.05) is 18.5 Å². The molecule has 0 bridgehead atoms. The first-order chi connectivity index (χ1) is 7.15. The highest BCUT2D eigenvalue weighted by atomic mass is 35.5. The van der Waals surface area contributed by atoms with Crippen molar-refractivity contribution >= 4 is 11.6 Å². The molecular formula is C10H13ClN2O2. The maximum Gasteiger partial charge on any atom is 0.329 e. The molecule has 82 valence electrons. The van der Waals surface area contributed by atoms with E-state index in [0.717, 1.165) is 19.3 Å². The van der Waals surface area contributed by atoms with Crippen LogP contribution in [0.15, 0.2) is 9.59 Å². The number of hydrogen-bond acceptors (Lipinski definition) is 2. The van der Waals surface area contributed by atoms with E-state index in [1.54, 1.807) is 0 Å². The summed E-state index contributed by atoms with van der Waals surface area (Å²) in [6.45, 7) is 1.85. The molecule has 1 aliphatic rings. The van der Waals surface area contributed by atoms with Crippen LogP contribution in [0.1, 0.15) is 37.8 Å². The van der Waals surface area contributed by atoms with Crippen LogP contribution in [0.25, 0.3) is 0 Å². The molecule has 1 aliphatic carbocycles. The molecule has 0 unspecified atom stereocenters. The minimum absolute atomic E-state index is 0.0730. The summed E-state index contributed by atoms with van der Waals surface area (Å²) in [7, 11) is 0. The highest BCUT2D eigenvalue weighted by molar-refractivity contribution is 6.30. The average Bonchev–Trinajstić information content (AvgIpc) is 2.09. The fraction of sp³-hybridized carbons (Fsp3) is 0.600. The fourth-order valence-corrected chi connectivity index (χ4v) is 2.14. The van der Waals surface area contributed by atoms with Gasteiger partial charge >= 0.3 is 5.69 Å². The topological polar surface area (TPSA) is 54.9 Å². The lowest BCUT2D eigenvalue weighted by Crippen LogP contribution is -2.42. The molecule has 0 aromatic carbocycles. The maximum atomic E-state index is 11.9. The molecule has 1 aromatic heterocycles. The molecule has 4 nitrogen and oxygen atoms in total. The molecule has 2 rings (SSSR count). The van der Waals surface area contributed by atoms with Crippen LogP contribution in [0.2, 0.25) is 5.15 Å². The highest BCUT2D eigenvalue weighted by Gasteiger charge is 2.24. The van der Waals surface area contributed by atoms with E-state index in [-0.39, 0.29) is 22.4 Å². The summed E-state index contributed by atoms with van der Waals surface area (Å²) in [6.07, 6.45) is 3.45. The normalized spacial score (nSPS) is 16.4. The van der Waals surface area contributed by atoms with E-state index >= 15 is 0 Å². The summed E-state index contributed by atoms with van der Waals surface area (Å²) < 4.78 is 1.31. The molecule has 0 aliphatic heterocycles. The Morgan fingerprint density at radius 1 is 1.47 bits per heavy atom. The minimum Gasteiger partial charge on any atom is -0.297 e. The standard InChI is InChI=1S/C10H13ClN2O2/c1-2-7-8(11)12-10(15)13(9(7)14)6-4-3-5-6/h6H,2-5H2,1H3,(H,12,15). The number of aromatic amines is 1. The van der Waals surface area contributed by atoms with Gasteiger partial charge in [0.15, 0.2) is 0 Å². The van der Waals surface area contributed by atoms with Gasteiger partial charge < -0.3 is 0 Å². The zero-order valence-electron chi connectivity index (χ0n) is 8.55. The van der Waals surface area contributed by atoms with Crippen LogP contribution in [0.4, 0.5) is 0 Å². The van der Waals surface area contributed by atoms with Gasteiger partial charge in [0.25, 0.3) is 5.56 Å². The third-order valence-electron chi connectivity index (χ3n) is 2.97. The van der Waals surface area contributed by atoms with Crippen LogP contribution < -0.4 is 11.2 Å². The van der Waals surface area contributed by atoms with Crippen molar-refractivity contribution in [2.45, 2.75) is 38.6 Å². The highest BCUT2D eigenvalue weighted by Crippen LogP contribution is 2.29. The van der Waals surface area contributed by atoms with E-state index in [1.807, 2.05) is 6.92 Å². The van der Waals surface area contributed by atoms with Crippen LogP contribution in [-0.2, 0) is 6.42 Å². The van der Waals surface area contributed by atoms with Crippen LogP contribution in [0.5, 0.6) is 0 Å². The molecule has 0 amide bonds. The van der Waals surface area contributed by atoms with Crippen molar-refractivity contribution in [3.05, 3.63) is 31.6 Å². The Balaban J connectivity index is 2.63. The summed E-state index contributed by atoms with van der Waals surface area (Å²) >= 11 is 5.80. The SMILES string of the molecule is CCc1c(Cl)[nH]c(=O)n(C2CCC2)c1=O. The van der Waals surface area contributed by atoms with Gasteiger partial charge in [-0.15, -0.1) is 0 Å². The van der Waals surface area contributed by atoms with Gasteiger partial charge in [-0.2, -0.15) is 0 Å². The number of nitrogens with zero attached hydrogens (tertiary/aromatic N) is 1. The Labute approximate surface area is 91.9 Å². The predicted octanol–water partition coefficient (Wildman–Crippen LogP) is 1.48. The van der Waals surface area contributed by atoms with Gasteiger partial charge in [-0.05, 0) is 25.7 Å². The molecule has 0 saturated heterocycles. The van der Waals surface area contributed by atoms with E-state index in [4.69, 9.17) is 11.6 Å². The average molecular weight is 229 g/mol. The lowest BCUT2D eigenvalue weighted by molar-refractivity contribution is 0.295. The summed E-state index contributed by atoms with van der Waals surface area (Å²) in [6, 6.07) is 0.0730. The maximum absolute atomic E-state index is 11.9. The summed E-state index contributed by atoms with van der Waals surface area (Å²) in [5, 5.41) is 0.183. The van der Waals surface area contributed by atoms with Crippen LogP contribution in [-0.4, -0.2) is 9.55 Å². The van der Waals surface area contributed by atoms with E-state index in [2.05, 4.69) is 4.98 Å². The number of aromatic nitrogens is 2. The zero-order valence-corrected chi connectivity index (χ0v) is 9.30. The smallest absolute Gasteiger partial charge is 0.297 e. The number of H-pyrrole nitrogens is 1. The summed E-state index contributed by atoms with van der Waals surface area (Å²) in [5.74, 6) is 0. The second kappa shape index (κ2) is 3.85. The number of nitrogens with one attached hydrogen (secondary N) is 1. The Morgan fingerprint density at radius 2 is 2.13 bits per heavy atom. The summed E-state index contributed by atoms with van der Waals surface area (Å²) in [4.78, 5) is 26.0. The molecule has 0 radical (unpaired) electrons. The Morgan fingerprint density at radius 3 is 2.60 bits per heavy atom. The molecule has 1 aromatic rings. The molecule has 1 fully saturated rings. The van der Waals surface area contributed by atoms with Gasteiger partial charge in [-0.25, -0.2) is 4.79 Å². The van der Waals surface area contributed by atoms with Crippen molar-refractivity contribution in [1.29, 1.82) is 0 Å². The molecule has 15 heavy (non-hydrogen) atoms. The molecule has 1 heterocycles.